The van der Waals surface area contributed by atoms with Gasteiger partial charge in [-0.3, -0.25) is 9.78 Å². The van der Waals surface area contributed by atoms with Gasteiger partial charge in [0.05, 0.1) is 17.3 Å². The number of aromatic hydroxyl groups is 1. The highest BCUT2D eigenvalue weighted by molar-refractivity contribution is 9.13. The number of nitrogens with zero attached hydrogens (tertiary/aromatic N) is 2. The van der Waals surface area contributed by atoms with Crippen LogP contribution in [0, 0.1) is 0 Å². The van der Waals surface area contributed by atoms with Crippen LogP contribution in [0.4, 0.5) is 0 Å². The maximum atomic E-state index is 11.8. The van der Waals surface area contributed by atoms with Gasteiger partial charge in [-0.2, -0.15) is 5.10 Å². The molecule has 0 atom stereocenters. The molecule has 0 aliphatic heterocycles. The SMILES string of the molecule is CCOc1cc(/C=N/NC(=O)c2ccccn2)c(Br)c(Br)c1O. The van der Waals surface area contributed by atoms with Crippen molar-refractivity contribution in [3.05, 3.63) is 50.7 Å². The molecule has 0 saturated carbocycles. The summed E-state index contributed by atoms with van der Waals surface area (Å²) in [7, 11) is 0. The monoisotopic (exact) mass is 441 g/mol. The van der Waals surface area contributed by atoms with Crippen LogP contribution in [0.15, 0.2) is 44.5 Å². The third kappa shape index (κ3) is 4.29. The Kier molecular flexibility index (Phi) is 6.12. The summed E-state index contributed by atoms with van der Waals surface area (Å²) in [6.07, 6.45) is 2.97. The molecule has 0 saturated heterocycles. The minimum absolute atomic E-state index is 0.00611. The molecule has 1 aromatic heterocycles. The number of pyridine rings is 1. The lowest BCUT2D eigenvalue weighted by Crippen LogP contribution is -2.18. The number of hydrogen-bond donors (Lipinski definition) is 2. The van der Waals surface area contributed by atoms with Gasteiger partial charge in [0.15, 0.2) is 11.5 Å². The molecule has 2 rings (SSSR count). The number of nitrogens with one attached hydrogen (secondary N) is 1. The van der Waals surface area contributed by atoms with Gasteiger partial charge in [-0.15, -0.1) is 0 Å². The lowest BCUT2D eigenvalue weighted by atomic mass is 10.2. The normalized spacial score (nSPS) is 10.7. The van der Waals surface area contributed by atoms with E-state index in [4.69, 9.17) is 4.74 Å². The molecule has 2 aromatic rings. The lowest BCUT2D eigenvalue weighted by Gasteiger charge is -2.10. The number of carbonyl (C=O) groups excluding carboxylic acids is 1. The van der Waals surface area contributed by atoms with Crippen LogP contribution in [-0.4, -0.2) is 28.8 Å². The predicted molar refractivity (Wildman–Crippen MR) is 94.0 cm³/mol. The summed E-state index contributed by atoms with van der Waals surface area (Å²) >= 11 is 6.62. The summed E-state index contributed by atoms with van der Waals surface area (Å²) in [6, 6.07) is 6.64. The Morgan fingerprint density at radius 1 is 1.43 bits per heavy atom. The summed E-state index contributed by atoms with van der Waals surface area (Å²) < 4.78 is 6.39. The molecule has 0 radical (unpaired) electrons. The first kappa shape index (κ1) is 17.4. The van der Waals surface area contributed by atoms with Crippen molar-refractivity contribution in [2.24, 2.45) is 5.10 Å². The summed E-state index contributed by atoms with van der Waals surface area (Å²) in [5.74, 6) is -0.102. The van der Waals surface area contributed by atoms with E-state index in [9.17, 15) is 9.90 Å². The number of phenols is 1. The molecule has 23 heavy (non-hydrogen) atoms. The number of benzene rings is 1. The molecule has 0 bridgehead atoms. The Bertz CT molecular complexity index is 736. The third-order valence-corrected chi connectivity index (χ3v) is 4.90. The van der Waals surface area contributed by atoms with Crippen LogP contribution in [-0.2, 0) is 0 Å². The molecule has 2 N–H and O–H groups in total. The van der Waals surface area contributed by atoms with E-state index in [-0.39, 0.29) is 11.4 Å². The fraction of sp³-hybridized carbons (Fsp3) is 0.133. The fourth-order valence-electron chi connectivity index (χ4n) is 1.69. The number of halogens is 2. The Hall–Kier alpha value is -1.93. The van der Waals surface area contributed by atoms with Crippen LogP contribution in [0.25, 0.3) is 0 Å². The molecule has 1 amide bonds. The van der Waals surface area contributed by atoms with Crippen molar-refractivity contribution in [3.8, 4) is 11.5 Å². The van der Waals surface area contributed by atoms with Crippen LogP contribution in [0.1, 0.15) is 23.0 Å². The van der Waals surface area contributed by atoms with Crippen LogP contribution in [0.5, 0.6) is 11.5 Å². The zero-order valence-corrected chi connectivity index (χ0v) is 15.3. The van der Waals surface area contributed by atoms with E-state index in [0.717, 1.165) is 0 Å². The first-order valence-electron chi connectivity index (χ1n) is 6.62. The molecule has 1 heterocycles. The fourth-order valence-corrected chi connectivity index (χ4v) is 2.51. The molecule has 120 valence electrons. The molecule has 1 aromatic carbocycles. The number of ether oxygens (including phenoxy) is 1. The van der Waals surface area contributed by atoms with E-state index in [2.05, 4.69) is 47.4 Å². The second kappa shape index (κ2) is 8.07. The van der Waals surface area contributed by atoms with Crippen molar-refractivity contribution in [2.45, 2.75) is 6.92 Å². The second-order valence-corrected chi connectivity index (χ2v) is 5.87. The van der Waals surface area contributed by atoms with E-state index >= 15 is 0 Å². The van der Waals surface area contributed by atoms with Crippen LogP contribution in [0.3, 0.4) is 0 Å². The van der Waals surface area contributed by atoms with Gasteiger partial charge in [0.2, 0.25) is 0 Å². The Balaban J connectivity index is 2.18. The van der Waals surface area contributed by atoms with Gasteiger partial charge in [-0.1, -0.05) is 6.07 Å². The average Bonchev–Trinajstić information content (AvgIpc) is 2.57. The second-order valence-electron chi connectivity index (χ2n) is 4.29. The van der Waals surface area contributed by atoms with Crippen LogP contribution in [0.2, 0.25) is 0 Å². The third-order valence-electron chi connectivity index (χ3n) is 2.74. The summed E-state index contributed by atoms with van der Waals surface area (Å²) in [5.41, 5.74) is 3.28. The van der Waals surface area contributed by atoms with Crippen molar-refractivity contribution in [1.82, 2.24) is 10.4 Å². The van der Waals surface area contributed by atoms with E-state index in [0.29, 0.717) is 26.9 Å². The number of amides is 1. The zero-order chi connectivity index (χ0) is 16.8. The number of hydrogen-bond acceptors (Lipinski definition) is 5. The van der Waals surface area contributed by atoms with E-state index in [1.54, 1.807) is 24.3 Å². The van der Waals surface area contributed by atoms with Crippen molar-refractivity contribution in [1.29, 1.82) is 0 Å². The van der Waals surface area contributed by atoms with E-state index in [1.807, 2.05) is 6.92 Å². The first-order chi connectivity index (χ1) is 11.0. The number of aromatic nitrogens is 1. The topological polar surface area (TPSA) is 83.8 Å². The maximum absolute atomic E-state index is 11.8. The highest BCUT2D eigenvalue weighted by Gasteiger charge is 2.14. The molecular formula is C15H13Br2N3O3. The highest BCUT2D eigenvalue weighted by atomic mass is 79.9. The first-order valence-corrected chi connectivity index (χ1v) is 8.21. The Morgan fingerprint density at radius 3 is 2.87 bits per heavy atom. The van der Waals surface area contributed by atoms with Crippen molar-refractivity contribution >= 4 is 44.0 Å². The minimum atomic E-state index is -0.416. The zero-order valence-electron chi connectivity index (χ0n) is 12.1. The predicted octanol–water partition coefficient (Wildman–Crippen LogP) is 3.47. The van der Waals surface area contributed by atoms with Crippen LogP contribution < -0.4 is 10.2 Å². The molecule has 0 aliphatic carbocycles. The lowest BCUT2D eigenvalue weighted by molar-refractivity contribution is 0.0950. The van der Waals surface area contributed by atoms with E-state index < -0.39 is 5.91 Å². The molecule has 0 fully saturated rings. The largest absolute Gasteiger partial charge is 0.503 e. The maximum Gasteiger partial charge on any atom is 0.289 e. The number of carbonyl (C=O) groups is 1. The van der Waals surface area contributed by atoms with E-state index in [1.165, 1.54) is 12.4 Å². The highest BCUT2D eigenvalue weighted by Crippen LogP contribution is 2.41. The molecule has 0 unspecified atom stereocenters. The average molecular weight is 443 g/mol. The van der Waals surface area contributed by atoms with Gasteiger partial charge in [-0.25, -0.2) is 5.43 Å². The van der Waals surface area contributed by atoms with Gasteiger partial charge >= 0.3 is 0 Å². The quantitative estimate of drug-likeness (QED) is 0.548. The minimum Gasteiger partial charge on any atom is -0.503 e. The van der Waals surface area contributed by atoms with Crippen LogP contribution >= 0.6 is 31.9 Å². The molecule has 8 heteroatoms. The van der Waals surface area contributed by atoms with Crippen molar-refractivity contribution < 1.29 is 14.6 Å². The molecule has 0 aliphatic rings. The summed E-state index contributed by atoms with van der Waals surface area (Å²) in [5, 5.41) is 13.9. The van der Waals surface area contributed by atoms with Gasteiger partial charge in [0.25, 0.3) is 5.91 Å². The number of rotatable bonds is 5. The molecule has 6 nitrogen and oxygen atoms in total. The molecule has 0 spiro atoms. The van der Waals surface area contributed by atoms with Crippen molar-refractivity contribution in [3.63, 3.8) is 0 Å². The Labute approximate surface area is 149 Å². The summed E-state index contributed by atoms with van der Waals surface area (Å²) in [6.45, 7) is 2.23. The number of hydrazone groups is 1. The molecular weight excluding hydrogens is 430 g/mol. The van der Waals surface area contributed by atoms with Gasteiger partial charge in [0, 0.05) is 16.2 Å². The number of phenolic OH excluding ortho intramolecular Hbond substituents is 1. The smallest absolute Gasteiger partial charge is 0.289 e. The standard InChI is InChI=1S/C15H13Br2N3O3/c1-2-23-11-7-9(12(16)13(17)14(11)21)8-19-20-15(22)10-5-3-4-6-18-10/h3-8,21H,2H2,1H3,(H,20,22)/b19-8+. The van der Waals surface area contributed by atoms with Gasteiger partial charge in [0.1, 0.15) is 5.69 Å². The summed E-state index contributed by atoms with van der Waals surface area (Å²) in [4.78, 5) is 15.8. The van der Waals surface area contributed by atoms with Gasteiger partial charge < -0.3 is 9.84 Å². The van der Waals surface area contributed by atoms with Gasteiger partial charge in [-0.05, 0) is 57.0 Å². The van der Waals surface area contributed by atoms with Crippen molar-refractivity contribution in [2.75, 3.05) is 6.61 Å². The Morgan fingerprint density at radius 2 is 2.22 bits per heavy atom.